The van der Waals surface area contributed by atoms with E-state index in [2.05, 4.69) is 26.2 Å². The molecule has 5 aromatic rings. The van der Waals surface area contributed by atoms with E-state index in [9.17, 15) is 14.4 Å². The van der Waals surface area contributed by atoms with Crippen LogP contribution in [-0.2, 0) is 19.4 Å². The van der Waals surface area contributed by atoms with Gasteiger partial charge in [0.1, 0.15) is 11.3 Å². The number of halogens is 2. The zero-order chi connectivity index (χ0) is 28.7. The average molecular weight is 632 g/mol. The van der Waals surface area contributed by atoms with Gasteiger partial charge in [-0.2, -0.15) is 5.10 Å². The van der Waals surface area contributed by atoms with Gasteiger partial charge in [0.25, 0.3) is 17.4 Å². The second-order valence-electron chi connectivity index (χ2n) is 9.72. The van der Waals surface area contributed by atoms with Gasteiger partial charge < -0.3 is 10.2 Å². The maximum atomic E-state index is 14.1. The summed E-state index contributed by atoms with van der Waals surface area (Å²) in [7, 11) is 1.54. The number of rotatable bonds is 5. The molecule has 11 heteroatoms. The Bertz CT molecular complexity index is 1870. The highest BCUT2D eigenvalue weighted by atomic mass is 79.9. The van der Waals surface area contributed by atoms with Crippen LogP contribution in [0.2, 0.25) is 5.02 Å². The number of hydrogen-bond acceptors (Lipinski definition) is 5. The van der Waals surface area contributed by atoms with Gasteiger partial charge in [-0.05, 0) is 58.2 Å². The van der Waals surface area contributed by atoms with E-state index in [1.54, 1.807) is 50.5 Å². The summed E-state index contributed by atoms with van der Waals surface area (Å²) in [6.45, 7) is 0.584. The van der Waals surface area contributed by atoms with Crippen LogP contribution in [0.15, 0.2) is 82.3 Å². The molecule has 9 nitrogen and oxygen atoms in total. The third-order valence-corrected chi connectivity index (χ3v) is 8.46. The van der Waals surface area contributed by atoms with Crippen LogP contribution >= 0.6 is 27.5 Å². The van der Waals surface area contributed by atoms with Gasteiger partial charge in [0.15, 0.2) is 0 Å². The molecule has 0 fully saturated rings. The van der Waals surface area contributed by atoms with Gasteiger partial charge in [0.05, 0.1) is 35.3 Å². The van der Waals surface area contributed by atoms with Crippen molar-refractivity contribution in [1.82, 2.24) is 29.4 Å². The van der Waals surface area contributed by atoms with E-state index in [0.29, 0.717) is 57.0 Å². The molecular formula is C30H24BrClN6O3. The Hall–Kier alpha value is -4.28. The van der Waals surface area contributed by atoms with Gasteiger partial charge in [-0.25, -0.2) is 9.50 Å². The molecule has 41 heavy (non-hydrogen) atoms. The number of carbonyl (C=O) groups is 2. The molecule has 1 aliphatic rings. The Kier molecular flexibility index (Phi) is 7.19. The van der Waals surface area contributed by atoms with Crippen molar-refractivity contribution in [3.8, 4) is 5.69 Å². The normalized spacial score (nSPS) is 12.8. The van der Waals surface area contributed by atoms with Crippen LogP contribution in [-0.4, -0.2) is 49.5 Å². The number of nitrogens with one attached hydrogen (secondary N) is 1. The van der Waals surface area contributed by atoms with Crippen LogP contribution < -0.4 is 10.9 Å². The minimum Gasteiger partial charge on any atom is -0.354 e. The first-order valence-electron chi connectivity index (χ1n) is 13.0. The fourth-order valence-electron chi connectivity index (χ4n) is 5.16. The molecule has 1 N–H and O–H groups in total. The number of nitrogens with zero attached hydrogens (tertiary/aromatic N) is 5. The molecule has 0 radical (unpaired) electrons. The molecule has 0 spiro atoms. The van der Waals surface area contributed by atoms with Crippen LogP contribution in [0, 0.1) is 0 Å². The number of hydrogen-bond donors (Lipinski definition) is 1. The van der Waals surface area contributed by atoms with Crippen molar-refractivity contribution in [2.45, 2.75) is 19.4 Å². The first-order chi connectivity index (χ1) is 19.9. The maximum absolute atomic E-state index is 14.1. The van der Waals surface area contributed by atoms with Gasteiger partial charge in [0, 0.05) is 41.2 Å². The maximum Gasteiger partial charge on any atom is 0.269 e. The summed E-state index contributed by atoms with van der Waals surface area (Å²) in [6.07, 6.45) is 4.19. The molecule has 206 valence electrons. The van der Waals surface area contributed by atoms with Crippen LogP contribution in [0.25, 0.3) is 11.3 Å². The van der Waals surface area contributed by atoms with E-state index in [0.717, 1.165) is 11.1 Å². The highest BCUT2D eigenvalue weighted by Gasteiger charge is 2.29. The van der Waals surface area contributed by atoms with Gasteiger partial charge in [-0.15, -0.1) is 0 Å². The topological polar surface area (TPSA) is 102 Å². The predicted octanol–water partition coefficient (Wildman–Crippen LogP) is 4.45. The Balaban J connectivity index is 1.48. The smallest absolute Gasteiger partial charge is 0.269 e. The third-order valence-electron chi connectivity index (χ3n) is 7.22. The Morgan fingerprint density at radius 2 is 1.88 bits per heavy atom. The zero-order valence-electron chi connectivity index (χ0n) is 22.0. The molecule has 2 amide bonds. The van der Waals surface area contributed by atoms with Crippen molar-refractivity contribution in [3.63, 3.8) is 0 Å². The van der Waals surface area contributed by atoms with Crippen molar-refractivity contribution in [3.05, 3.63) is 127 Å². The zero-order valence-corrected chi connectivity index (χ0v) is 24.3. The van der Waals surface area contributed by atoms with Crippen molar-refractivity contribution in [1.29, 1.82) is 0 Å². The Morgan fingerprint density at radius 1 is 1.07 bits per heavy atom. The summed E-state index contributed by atoms with van der Waals surface area (Å²) in [5.74, 6) is -0.488. The molecule has 6 rings (SSSR count). The first kappa shape index (κ1) is 26.9. The lowest BCUT2D eigenvalue weighted by molar-refractivity contribution is 0.0729. The molecule has 3 aromatic heterocycles. The number of fused-ring (bicyclic) bond motifs is 3. The summed E-state index contributed by atoms with van der Waals surface area (Å²) in [4.78, 5) is 45.6. The van der Waals surface area contributed by atoms with E-state index in [1.807, 2.05) is 30.3 Å². The fraction of sp³-hybridized carbons (Fsp3) is 0.167. The number of benzene rings is 2. The van der Waals surface area contributed by atoms with E-state index in [-0.39, 0.29) is 29.6 Å². The fourth-order valence-corrected chi connectivity index (χ4v) is 5.59. The monoisotopic (exact) mass is 630 g/mol. The van der Waals surface area contributed by atoms with E-state index in [1.165, 1.54) is 13.2 Å². The summed E-state index contributed by atoms with van der Waals surface area (Å²) >= 11 is 9.62. The predicted molar refractivity (Wildman–Crippen MR) is 159 cm³/mol. The van der Waals surface area contributed by atoms with Gasteiger partial charge >= 0.3 is 0 Å². The van der Waals surface area contributed by atoms with Crippen molar-refractivity contribution in [2.75, 3.05) is 13.6 Å². The van der Waals surface area contributed by atoms with Crippen molar-refractivity contribution >= 4 is 45.0 Å². The van der Waals surface area contributed by atoms with Crippen LogP contribution in [0.5, 0.6) is 0 Å². The van der Waals surface area contributed by atoms with Gasteiger partial charge in [-0.1, -0.05) is 41.9 Å². The molecular weight excluding hydrogens is 608 g/mol. The van der Waals surface area contributed by atoms with Gasteiger partial charge in [0.2, 0.25) is 0 Å². The van der Waals surface area contributed by atoms with Crippen molar-refractivity contribution < 1.29 is 9.59 Å². The molecule has 0 atom stereocenters. The largest absolute Gasteiger partial charge is 0.354 e. The lowest BCUT2D eigenvalue weighted by atomic mass is 10.0. The molecule has 0 saturated carbocycles. The van der Waals surface area contributed by atoms with E-state index in [4.69, 9.17) is 16.7 Å². The summed E-state index contributed by atoms with van der Waals surface area (Å²) in [5.41, 5.74) is 4.79. The SMILES string of the molecule is CNC(=O)c1ccc(-n2c(=O)c3c(n4ncc(Cc5ccccc5)c24)CN(C(=O)c2ccc(Br)c(Cl)c2)CC3)cn1. The average Bonchev–Trinajstić information content (AvgIpc) is 3.41. The summed E-state index contributed by atoms with van der Waals surface area (Å²) in [5, 5.41) is 7.72. The molecule has 0 unspecified atom stereocenters. The molecule has 2 aromatic carbocycles. The molecule has 4 heterocycles. The summed E-state index contributed by atoms with van der Waals surface area (Å²) in [6, 6.07) is 18.3. The van der Waals surface area contributed by atoms with E-state index >= 15 is 0 Å². The Labute approximate surface area is 248 Å². The van der Waals surface area contributed by atoms with Gasteiger partial charge in [-0.3, -0.25) is 19.0 Å². The summed E-state index contributed by atoms with van der Waals surface area (Å²) < 4.78 is 4.08. The lowest BCUT2D eigenvalue weighted by Crippen LogP contribution is -2.41. The quantitative estimate of drug-likeness (QED) is 0.309. The first-order valence-corrected chi connectivity index (χ1v) is 14.1. The number of pyridine rings is 1. The minimum atomic E-state index is -0.314. The van der Waals surface area contributed by atoms with Crippen LogP contribution in [0.4, 0.5) is 0 Å². The second-order valence-corrected chi connectivity index (χ2v) is 11.0. The molecule has 0 bridgehead atoms. The highest BCUT2D eigenvalue weighted by Crippen LogP contribution is 2.27. The molecule has 1 aliphatic heterocycles. The minimum absolute atomic E-state index is 0.173. The van der Waals surface area contributed by atoms with Crippen molar-refractivity contribution in [2.24, 2.45) is 0 Å². The lowest BCUT2D eigenvalue weighted by Gasteiger charge is -2.29. The molecule has 0 saturated heterocycles. The van der Waals surface area contributed by atoms with Crippen LogP contribution in [0.3, 0.4) is 0 Å². The van der Waals surface area contributed by atoms with Crippen LogP contribution in [0.1, 0.15) is 43.2 Å². The Morgan fingerprint density at radius 3 is 2.59 bits per heavy atom. The third kappa shape index (κ3) is 4.93. The van der Waals surface area contributed by atoms with E-state index < -0.39 is 0 Å². The number of carbonyl (C=O) groups excluding carboxylic acids is 2. The second kappa shape index (κ2) is 10.9. The number of amides is 2. The standard InChI is InChI=1S/C30H24BrClN6O3/c1-33-27(39)25-10-8-21(16-34-25)37-28-20(13-18-5-3-2-4-6-18)15-35-38(28)26-17-36(12-11-22(26)30(37)41)29(40)19-7-9-23(31)24(32)14-19/h2-10,14-16H,11-13,17H2,1H3,(H,33,39). The highest BCUT2D eigenvalue weighted by molar-refractivity contribution is 9.10. The number of aromatic nitrogens is 4. The molecule has 0 aliphatic carbocycles.